The van der Waals surface area contributed by atoms with Gasteiger partial charge in [0.05, 0.1) is 0 Å². The highest BCUT2D eigenvalue weighted by molar-refractivity contribution is 5.12. The van der Waals surface area contributed by atoms with Crippen molar-refractivity contribution in [3.8, 4) is 0 Å². The molecule has 0 heteroatoms. The van der Waals surface area contributed by atoms with Gasteiger partial charge < -0.3 is 0 Å². The third-order valence-electron chi connectivity index (χ3n) is 2.73. The maximum Gasteiger partial charge on any atom is -0.0345 e. The van der Waals surface area contributed by atoms with Crippen molar-refractivity contribution in [3.05, 3.63) is 48.6 Å². The predicted octanol–water partition coefficient (Wildman–Crippen LogP) is 5.59. The Balaban J connectivity index is 3.35. The van der Waals surface area contributed by atoms with Crippen LogP contribution in [0, 0.1) is 0 Å². The Hall–Kier alpha value is -1.04. The summed E-state index contributed by atoms with van der Waals surface area (Å²) in [5.41, 5.74) is 2.59. The van der Waals surface area contributed by atoms with Gasteiger partial charge in [0.2, 0.25) is 0 Å². The fourth-order valence-electron chi connectivity index (χ4n) is 1.47. The molecule has 0 radical (unpaired) electrons. The van der Waals surface area contributed by atoms with Gasteiger partial charge in [0, 0.05) is 0 Å². The molecular formula is C16H26. The van der Waals surface area contributed by atoms with Crippen molar-refractivity contribution in [2.45, 2.75) is 52.4 Å². The van der Waals surface area contributed by atoms with E-state index in [9.17, 15) is 0 Å². The minimum Gasteiger partial charge on any atom is -0.0988 e. The minimum atomic E-state index is 1.19. The molecule has 0 heterocycles. The van der Waals surface area contributed by atoms with Crippen LogP contribution in [0.1, 0.15) is 52.4 Å². The molecule has 0 rings (SSSR count). The lowest BCUT2D eigenvalue weighted by molar-refractivity contribution is 0.651. The molecule has 0 aromatic heterocycles. The van der Waals surface area contributed by atoms with Crippen molar-refractivity contribution < 1.29 is 0 Å². The van der Waals surface area contributed by atoms with E-state index < -0.39 is 0 Å². The van der Waals surface area contributed by atoms with Gasteiger partial charge in [-0.1, -0.05) is 61.4 Å². The standard InChI is InChI=1S/C16H26/c1-5-15(3)13-11-9-7-8-10-12-14-16(4)6-2/h5-6,13-14H,1-2,7-12H2,3-4H3/b15-13-,16-14+. The Labute approximate surface area is 101 Å². The van der Waals surface area contributed by atoms with Gasteiger partial charge in [0.25, 0.3) is 0 Å². The van der Waals surface area contributed by atoms with E-state index in [4.69, 9.17) is 0 Å². The maximum absolute atomic E-state index is 3.74. The summed E-state index contributed by atoms with van der Waals surface area (Å²) in [4.78, 5) is 0. The second-order valence-corrected chi connectivity index (χ2v) is 4.30. The van der Waals surface area contributed by atoms with Crippen LogP contribution in [0.2, 0.25) is 0 Å². The molecule has 16 heavy (non-hydrogen) atoms. The zero-order chi connectivity index (χ0) is 12.2. The van der Waals surface area contributed by atoms with Crippen LogP contribution in [0.3, 0.4) is 0 Å². The Kier molecular flexibility index (Phi) is 9.80. The predicted molar refractivity (Wildman–Crippen MR) is 75.6 cm³/mol. The smallest absolute Gasteiger partial charge is 0.0345 e. The summed E-state index contributed by atoms with van der Waals surface area (Å²) >= 11 is 0. The molecule has 0 bridgehead atoms. The van der Waals surface area contributed by atoms with Crippen LogP contribution in [0.4, 0.5) is 0 Å². The topological polar surface area (TPSA) is 0 Å². The maximum atomic E-state index is 3.74. The first-order chi connectivity index (χ1) is 7.70. The number of allylic oxidation sites excluding steroid dienone is 6. The lowest BCUT2D eigenvalue weighted by atomic mass is 10.1. The summed E-state index contributed by atoms with van der Waals surface area (Å²) in [7, 11) is 0. The van der Waals surface area contributed by atoms with Gasteiger partial charge in [-0.15, -0.1) is 0 Å². The summed E-state index contributed by atoms with van der Waals surface area (Å²) < 4.78 is 0. The molecule has 0 saturated heterocycles. The molecule has 0 amide bonds. The summed E-state index contributed by atoms with van der Waals surface area (Å²) in [6, 6.07) is 0. The van der Waals surface area contributed by atoms with Crippen molar-refractivity contribution in [1.29, 1.82) is 0 Å². The van der Waals surface area contributed by atoms with Gasteiger partial charge in [-0.05, 0) is 39.5 Å². The third-order valence-corrected chi connectivity index (χ3v) is 2.73. The van der Waals surface area contributed by atoms with Crippen molar-refractivity contribution in [1.82, 2.24) is 0 Å². The van der Waals surface area contributed by atoms with Crippen LogP contribution in [0.25, 0.3) is 0 Å². The van der Waals surface area contributed by atoms with Gasteiger partial charge in [0.15, 0.2) is 0 Å². The monoisotopic (exact) mass is 218 g/mol. The fourth-order valence-corrected chi connectivity index (χ4v) is 1.47. The molecule has 0 saturated carbocycles. The van der Waals surface area contributed by atoms with Crippen LogP contribution < -0.4 is 0 Å². The lowest BCUT2D eigenvalue weighted by Gasteiger charge is -1.98. The average Bonchev–Trinajstić information content (AvgIpc) is 2.31. The van der Waals surface area contributed by atoms with Crippen LogP contribution in [0.5, 0.6) is 0 Å². The Morgan fingerprint density at radius 3 is 1.44 bits per heavy atom. The molecule has 0 spiro atoms. The van der Waals surface area contributed by atoms with E-state index in [0.717, 1.165) is 0 Å². The quantitative estimate of drug-likeness (QED) is 0.349. The molecular weight excluding hydrogens is 192 g/mol. The van der Waals surface area contributed by atoms with Gasteiger partial charge in [-0.25, -0.2) is 0 Å². The van der Waals surface area contributed by atoms with E-state index >= 15 is 0 Å². The van der Waals surface area contributed by atoms with Crippen molar-refractivity contribution in [2.24, 2.45) is 0 Å². The van der Waals surface area contributed by atoms with E-state index in [-0.39, 0.29) is 0 Å². The van der Waals surface area contributed by atoms with Gasteiger partial charge in [0.1, 0.15) is 0 Å². The Morgan fingerprint density at radius 2 is 1.12 bits per heavy atom. The van der Waals surface area contributed by atoms with Crippen molar-refractivity contribution in [2.75, 3.05) is 0 Å². The number of hydrogen-bond donors (Lipinski definition) is 0. The lowest BCUT2D eigenvalue weighted by Crippen LogP contribution is -1.78. The molecule has 0 aliphatic heterocycles. The fraction of sp³-hybridized carbons (Fsp3) is 0.500. The van der Waals surface area contributed by atoms with Crippen molar-refractivity contribution in [3.63, 3.8) is 0 Å². The van der Waals surface area contributed by atoms with Crippen LogP contribution in [-0.4, -0.2) is 0 Å². The van der Waals surface area contributed by atoms with E-state index in [2.05, 4.69) is 39.2 Å². The summed E-state index contributed by atoms with van der Waals surface area (Å²) in [5.74, 6) is 0. The molecule has 0 aromatic rings. The number of rotatable bonds is 9. The largest absolute Gasteiger partial charge is 0.0988 e. The SMILES string of the molecule is C=C/C(C)=C\CCCCCC/C=C(\C)C=C. The first-order valence-electron chi connectivity index (χ1n) is 6.29. The summed E-state index contributed by atoms with van der Waals surface area (Å²) in [6.45, 7) is 11.7. The second-order valence-electron chi connectivity index (χ2n) is 4.30. The normalized spacial score (nSPS) is 12.6. The first-order valence-corrected chi connectivity index (χ1v) is 6.29. The Morgan fingerprint density at radius 1 is 0.750 bits per heavy atom. The summed E-state index contributed by atoms with van der Waals surface area (Å²) in [5, 5.41) is 0. The number of unbranched alkanes of at least 4 members (excludes halogenated alkanes) is 5. The third kappa shape index (κ3) is 9.51. The molecule has 90 valence electrons. The molecule has 0 atom stereocenters. The first kappa shape index (κ1) is 15.0. The van der Waals surface area contributed by atoms with Gasteiger partial charge in [-0.3, -0.25) is 0 Å². The highest BCUT2D eigenvalue weighted by Gasteiger charge is 1.89. The minimum absolute atomic E-state index is 1.19. The molecule has 0 unspecified atom stereocenters. The highest BCUT2D eigenvalue weighted by Crippen LogP contribution is 2.09. The summed E-state index contributed by atoms with van der Waals surface area (Å²) in [6.07, 6.45) is 16.0. The van der Waals surface area contributed by atoms with E-state index in [0.29, 0.717) is 0 Å². The molecule has 0 N–H and O–H groups in total. The molecule has 0 aliphatic rings. The van der Waals surface area contributed by atoms with Gasteiger partial charge in [-0.2, -0.15) is 0 Å². The molecule has 0 aromatic carbocycles. The Bertz CT molecular complexity index is 225. The van der Waals surface area contributed by atoms with E-state index in [1.807, 2.05) is 12.2 Å². The molecule has 0 nitrogen and oxygen atoms in total. The second kappa shape index (κ2) is 10.5. The molecule has 0 aliphatic carbocycles. The van der Waals surface area contributed by atoms with Crippen LogP contribution in [-0.2, 0) is 0 Å². The number of hydrogen-bond acceptors (Lipinski definition) is 0. The van der Waals surface area contributed by atoms with Gasteiger partial charge >= 0.3 is 0 Å². The van der Waals surface area contributed by atoms with Crippen molar-refractivity contribution >= 4 is 0 Å². The highest BCUT2D eigenvalue weighted by atomic mass is 14.0. The molecule has 0 fully saturated rings. The van der Waals surface area contributed by atoms with E-state index in [1.165, 1.54) is 49.7 Å². The van der Waals surface area contributed by atoms with Crippen LogP contribution in [0.15, 0.2) is 48.6 Å². The average molecular weight is 218 g/mol. The van der Waals surface area contributed by atoms with E-state index in [1.54, 1.807) is 0 Å². The zero-order valence-corrected chi connectivity index (χ0v) is 11.0. The van der Waals surface area contributed by atoms with Crippen LogP contribution >= 0.6 is 0 Å². The zero-order valence-electron chi connectivity index (χ0n) is 11.0.